The van der Waals surface area contributed by atoms with Crippen molar-refractivity contribution in [2.45, 2.75) is 57.8 Å². The molecule has 160 valence electrons. The zero-order valence-corrected chi connectivity index (χ0v) is 18.3. The molecule has 1 fully saturated rings. The molecule has 1 aliphatic carbocycles. The smallest absolute Gasteiger partial charge is 0.289 e. The summed E-state index contributed by atoms with van der Waals surface area (Å²) >= 11 is 0. The molecule has 2 heterocycles. The van der Waals surface area contributed by atoms with Gasteiger partial charge in [-0.25, -0.2) is 0 Å². The van der Waals surface area contributed by atoms with Crippen molar-refractivity contribution >= 4 is 11.8 Å². The summed E-state index contributed by atoms with van der Waals surface area (Å²) in [4.78, 5) is 29.4. The van der Waals surface area contributed by atoms with Crippen molar-refractivity contribution in [1.82, 2.24) is 9.80 Å². The van der Waals surface area contributed by atoms with Crippen molar-refractivity contribution < 1.29 is 14.0 Å². The number of benzene rings is 1. The van der Waals surface area contributed by atoms with Crippen LogP contribution in [0.5, 0.6) is 0 Å². The number of piperidine rings is 1. The Morgan fingerprint density at radius 2 is 1.80 bits per heavy atom. The van der Waals surface area contributed by atoms with Crippen LogP contribution < -0.4 is 0 Å². The zero-order valence-electron chi connectivity index (χ0n) is 18.3. The van der Waals surface area contributed by atoms with E-state index in [9.17, 15) is 9.59 Å². The maximum atomic E-state index is 12.8. The van der Waals surface area contributed by atoms with Crippen LogP contribution in [0.2, 0.25) is 0 Å². The molecular formula is C25H32N2O3. The number of amides is 2. The minimum Gasteiger partial charge on any atom is -0.456 e. The summed E-state index contributed by atoms with van der Waals surface area (Å²) in [6.07, 6.45) is 3.45. The van der Waals surface area contributed by atoms with Crippen LogP contribution in [-0.2, 0) is 10.2 Å². The monoisotopic (exact) mass is 408 g/mol. The van der Waals surface area contributed by atoms with E-state index >= 15 is 0 Å². The summed E-state index contributed by atoms with van der Waals surface area (Å²) < 4.78 is 5.54. The maximum Gasteiger partial charge on any atom is 0.289 e. The third-order valence-electron chi connectivity index (χ3n) is 7.11. The highest BCUT2D eigenvalue weighted by atomic mass is 16.3. The normalized spacial score (nSPS) is 19.7. The summed E-state index contributed by atoms with van der Waals surface area (Å²) in [5, 5.41) is 0. The lowest BCUT2D eigenvalue weighted by molar-refractivity contribution is -0.131. The summed E-state index contributed by atoms with van der Waals surface area (Å²) in [6, 6.07) is 12.2. The average Bonchev–Trinajstić information content (AvgIpc) is 3.32. The molecule has 0 unspecified atom stereocenters. The summed E-state index contributed by atoms with van der Waals surface area (Å²) in [6.45, 7) is 8.91. The number of likely N-dealkylation sites (tertiary alicyclic amines) is 1. The van der Waals surface area contributed by atoms with Gasteiger partial charge in [0.15, 0.2) is 5.76 Å². The first kappa shape index (κ1) is 20.7. The first-order valence-electron chi connectivity index (χ1n) is 11.2. The average molecular weight is 409 g/mol. The quantitative estimate of drug-likeness (QED) is 0.732. The summed E-state index contributed by atoms with van der Waals surface area (Å²) in [7, 11) is 0. The van der Waals surface area contributed by atoms with Crippen LogP contribution in [0.3, 0.4) is 0 Å². The molecule has 0 radical (unpaired) electrons. The zero-order chi connectivity index (χ0) is 21.3. The predicted molar refractivity (Wildman–Crippen MR) is 117 cm³/mol. The topological polar surface area (TPSA) is 53.8 Å². The molecule has 30 heavy (non-hydrogen) atoms. The summed E-state index contributed by atoms with van der Waals surface area (Å²) in [5.41, 5.74) is 2.79. The number of fused-ring (bicyclic) bond motifs is 2. The highest BCUT2D eigenvalue weighted by Crippen LogP contribution is 2.52. The van der Waals surface area contributed by atoms with Crippen LogP contribution in [0.15, 0.2) is 40.8 Å². The van der Waals surface area contributed by atoms with Crippen molar-refractivity contribution in [2.75, 3.05) is 26.2 Å². The fourth-order valence-corrected chi connectivity index (χ4v) is 5.44. The Labute approximate surface area is 179 Å². The molecular weight excluding hydrogens is 376 g/mol. The first-order valence-corrected chi connectivity index (χ1v) is 11.2. The van der Waals surface area contributed by atoms with Crippen LogP contribution >= 0.6 is 0 Å². The standard InChI is InChI=1S/C25H32N2O3/c1-4-26(5-2)23(28)16-19-17-25(21-9-7-6-8-20(19)21)12-14-27(15-13-25)24(29)22-11-10-18(3)30-22/h6-11,19H,4-5,12-17H2,1-3H3/t19-/m1/s1. The molecule has 0 bridgehead atoms. The van der Waals surface area contributed by atoms with Crippen molar-refractivity contribution in [2.24, 2.45) is 0 Å². The van der Waals surface area contributed by atoms with Gasteiger partial charge in [-0.05, 0) is 74.6 Å². The number of carbonyl (C=O) groups is 2. The number of hydrogen-bond donors (Lipinski definition) is 0. The van der Waals surface area contributed by atoms with Gasteiger partial charge >= 0.3 is 0 Å². The van der Waals surface area contributed by atoms with E-state index in [0.29, 0.717) is 12.2 Å². The SMILES string of the molecule is CCN(CC)C(=O)C[C@@H]1CC2(CCN(C(=O)c3ccc(C)o3)CC2)c2ccccc21. The van der Waals surface area contributed by atoms with Crippen LogP contribution in [0.25, 0.3) is 0 Å². The van der Waals surface area contributed by atoms with Gasteiger partial charge in [0, 0.05) is 32.6 Å². The van der Waals surface area contributed by atoms with Crippen molar-refractivity contribution in [3.8, 4) is 0 Å². The van der Waals surface area contributed by atoms with E-state index < -0.39 is 0 Å². The molecule has 1 aliphatic heterocycles. The molecule has 2 amide bonds. The Balaban J connectivity index is 1.50. The van der Waals surface area contributed by atoms with Crippen molar-refractivity contribution in [3.63, 3.8) is 0 Å². The van der Waals surface area contributed by atoms with Crippen molar-refractivity contribution in [3.05, 3.63) is 59.0 Å². The third-order valence-corrected chi connectivity index (χ3v) is 7.11. The Hall–Kier alpha value is -2.56. The number of furan rings is 1. The van der Waals surface area contributed by atoms with Gasteiger partial charge in [-0.2, -0.15) is 0 Å². The highest BCUT2D eigenvalue weighted by molar-refractivity contribution is 5.91. The molecule has 4 rings (SSSR count). The second-order valence-electron chi connectivity index (χ2n) is 8.74. The van der Waals surface area contributed by atoms with Crippen LogP contribution in [0.4, 0.5) is 0 Å². The Morgan fingerprint density at radius 1 is 1.10 bits per heavy atom. The number of rotatable bonds is 5. The molecule has 1 aromatic heterocycles. The van der Waals surface area contributed by atoms with E-state index in [0.717, 1.165) is 51.2 Å². The van der Waals surface area contributed by atoms with E-state index in [1.807, 2.05) is 36.6 Å². The van der Waals surface area contributed by atoms with Gasteiger partial charge in [0.25, 0.3) is 5.91 Å². The van der Waals surface area contributed by atoms with E-state index in [1.165, 1.54) is 11.1 Å². The number of nitrogens with zero attached hydrogens (tertiary/aromatic N) is 2. The summed E-state index contributed by atoms with van der Waals surface area (Å²) in [5.74, 6) is 1.69. The second kappa shape index (κ2) is 8.29. The molecule has 2 aromatic rings. The lowest BCUT2D eigenvalue weighted by Gasteiger charge is -2.40. The molecule has 1 atom stereocenters. The second-order valence-corrected chi connectivity index (χ2v) is 8.74. The number of aryl methyl sites for hydroxylation is 1. The van der Waals surface area contributed by atoms with Gasteiger partial charge in [-0.1, -0.05) is 24.3 Å². The van der Waals surface area contributed by atoms with Gasteiger partial charge in [-0.3, -0.25) is 9.59 Å². The Bertz CT molecular complexity index is 920. The van der Waals surface area contributed by atoms with Gasteiger partial charge < -0.3 is 14.2 Å². The molecule has 0 N–H and O–H groups in total. The van der Waals surface area contributed by atoms with Crippen LogP contribution in [0.1, 0.15) is 72.9 Å². The molecule has 0 saturated carbocycles. The molecule has 5 heteroatoms. The largest absolute Gasteiger partial charge is 0.456 e. The number of carbonyl (C=O) groups excluding carboxylic acids is 2. The molecule has 1 spiro atoms. The van der Waals surface area contributed by atoms with Gasteiger partial charge in [0.1, 0.15) is 5.76 Å². The van der Waals surface area contributed by atoms with Crippen LogP contribution in [-0.4, -0.2) is 47.8 Å². The highest BCUT2D eigenvalue weighted by Gasteiger charge is 2.46. The van der Waals surface area contributed by atoms with Gasteiger partial charge in [-0.15, -0.1) is 0 Å². The Kier molecular flexibility index (Phi) is 5.72. The van der Waals surface area contributed by atoms with Crippen molar-refractivity contribution in [1.29, 1.82) is 0 Å². The van der Waals surface area contributed by atoms with E-state index in [4.69, 9.17) is 4.42 Å². The third kappa shape index (κ3) is 3.66. The van der Waals surface area contributed by atoms with E-state index in [2.05, 4.69) is 24.3 Å². The van der Waals surface area contributed by atoms with Crippen LogP contribution in [0, 0.1) is 6.92 Å². The predicted octanol–water partition coefficient (Wildman–Crippen LogP) is 4.51. The minimum absolute atomic E-state index is 0.0162. The molecule has 5 nitrogen and oxygen atoms in total. The molecule has 1 saturated heterocycles. The first-order chi connectivity index (χ1) is 14.5. The molecule has 1 aromatic carbocycles. The maximum absolute atomic E-state index is 12.8. The van der Waals surface area contributed by atoms with Gasteiger partial charge in [0.2, 0.25) is 5.91 Å². The lowest BCUT2D eigenvalue weighted by atomic mass is 9.73. The Morgan fingerprint density at radius 3 is 2.43 bits per heavy atom. The fraction of sp³-hybridized carbons (Fsp3) is 0.520. The molecule has 2 aliphatic rings. The van der Waals surface area contributed by atoms with Gasteiger partial charge in [0.05, 0.1) is 0 Å². The van der Waals surface area contributed by atoms with E-state index in [1.54, 1.807) is 6.07 Å². The van der Waals surface area contributed by atoms with E-state index in [-0.39, 0.29) is 23.1 Å². The number of hydrogen-bond acceptors (Lipinski definition) is 3. The fourth-order valence-electron chi connectivity index (χ4n) is 5.44. The minimum atomic E-state index is -0.0162. The lowest BCUT2D eigenvalue weighted by Crippen LogP contribution is -2.44.